The highest BCUT2D eigenvalue weighted by atomic mass is 16.4. The van der Waals surface area contributed by atoms with E-state index in [2.05, 4.69) is 24.1 Å². The van der Waals surface area contributed by atoms with Crippen molar-refractivity contribution in [3.05, 3.63) is 53.6 Å². The van der Waals surface area contributed by atoms with Crippen molar-refractivity contribution < 1.29 is 15.0 Å². The summed E-state index contributed by atoms with van der Waals surface area (Å²) in [6.07, 6.45) is 13.9. The summed E-state index contributed by atoms with van der Waals surface area (Å²) in [5.74, 6) is 0.354. The molecule has 27 heavy (non-hydrogen) atoms. The minimum atomic E-state index is -0.914. The summed E-state index contributed by atoms with van der Waals surface area (Å²) in [7, 11) is 2.30. The number of allylic oxidation sites excluding steroid dienone is 3. The smallest absolute Gasteiger partial charge is 0.328 e. The molecule has 2 N–H and O–H groups in total. The Balaban J connectivity index is 0.000000226. The molecule has 4 heteroatoms. The van der Waals surface area contributed by atoms with Gasteiger partial charge in [-0.15, -0.1) is 0 Å². The van der Waals surface area contributed by atoms with Gasteiger partial charge in [0.15, 0.2) is 0 Å². The quantitative estimate of drug-likeness (QED) is 0.603. The number of aromatic hydroxyl groups is 1. The monoisotopic (exact) mass is 369 g/mol. The molecule has 1 aromatic carbocycles. The molecule has 0 radical (unpaired) electrons. The minimum Gasteiger partial charge on any atom is -0.508 e. The molecular weight excluding hydrogens is 338 g/mol. The van der Waals surface area contributed by atoms with Gasteiger partial charge in [-0.3, -0.25) is 0 Å². The zero-order valence-electron chi connectivity index (χ0n) is 16.4. The molecule has 2 aliphatic carbocycles. The second-order valence-electron chi connectivity index (χ2n) is 8.08. The fraction of sp³-hybridized carbons (Fsp3) is 0.522. The van der Waals surface area contributed by atoms with E-state index >= 15 is 0 Å². The van der Waals surface area contributed by atoms with Crippen molar-refractivity contribution in [2.75, 3.05) is 13.6 Å². The highest BCUT2D eigenvalue weighted by molar-refractivity contribution is 5.80. The van der Waals surface area contributed by atoms with Crippen molar-refractivity contribution >= 4 is 5.97 Å². The fourth-order valence-electron chi connectivity index (χ4n) is 5.43. The zero-order valence-corrected chi connectivity index (χ0v) is 16.4. The lowest BCUT2D eigenvalue weighted by Crippen LogP contribution is -2.59. The molecule has 0 amide bonds. The number of likely N-dealkylation sites (tertiary alicyclic amines) is 1. The van der Waals surface area contributed by atoms with Crippen molar-refractivity contribution in [3.8, 4) is 5.75 Å². The van der Waals surface area contributed by atoms with E-state index in [1.807, 2.05) is 13.0 Å². The number of piperidine rings is 1. The van der Waals surface area contributed by atoms with E-state index < -0.39 is 5.97 Å². The molecule has 146 valence electrons. The normalized spacial score (nSPS) is 29.7. The van der Waals surface area contributed by atoms with Crippen molar-refractivity contribution in [1.29, 1.82) is 0 Å². The summed E-state index contributed by atoms with van der Waals surface area (Å²) in [6, 6.07) is 6.85. The van der Waals surface area contributed by atoms with Gasteiger partial charge in [0.2, 0.25) is 0 Å². The van der Waals surface area contributed by atoms with Gasteiger partial charge in [0.25, 0.3) is 0 Å². The Kier molecular flexibility index (Phi) is 6.05. The van der Waals surface area contributed by atoms with Crippen LogP contribution in [0.15, 0.2) is 42.5 Å². The van der Waals surface area contributed by atoms with Gasteiger partial charge in [-0.05, 0) is 75.4 Å². The van der Waals surface area contributed by atoms with Gasteiger partial charge >= 0.3 is 5.97 Å². The number of benzene rings is 1. The van der Waals surface area contributed by atoms with Crippen LogP contribution in [0.25, 0.3) is 0 Å². The van der Waals surface area contributed by atoms with Crippen LogP contribution in [0.3, 0.4) is 0 Å². The van der Waals surface area contributed by atoms with Crippen molar-refractivity contribution in [1.82, 2.24) is 4.90 Å². The van der Waals surface area contributed by atoms with Gasteiger partial charge in [0.1, 0.15) is 5.75 Å². The lowest BCUT2D eigenvalue weighted by Gasteiger charge is -2.58. The van der Waals surface area contributed by atoms with E-state index in [1.165, 1.54) is 62.3 Å². The Morgan fingerprint density at radius 3 is 2.81 bits per heavy atom. The number of likely N-dealkylation sites (N-methyl/N-ethyl adjacent to an activating group) is 1. The van der Waals surface area contributed by atoms with Crippen molar-refractivity contribution in [3.63, 3.8) is 0 Å². The highest BCUT2D eigenvalue weighted by Gasteiger charge is 2.52. The molecule has 1 aromatic rings. The number of carboxylic acid groups (broad SMARTS) is 1. The van der Waals surface area contributed by atoms with E-state index in [0.717, 1.165) is 18.0 Å². The molecule has 0 aromatic heterocycles. The summed E-state index contributed by atoms with van der Waals surface area (Å²) in [5.41, 5.74) is 3.36. The van der Waals surface area contributed by atoms with E-state index in [9.17, 15) is 9.90 Å². The molecule has 1 saturated carbocycles. The molecule has 1 saturated heterocycles. The first-order valence-electron chi connectivity index (χ1n) is 10.0. The van der Waals surface area contributed by atoms with Crippen LogP contribution in [0.4, 0.5) is 0 Å². The average molecular weight is 370 g/mol. The van der Waals surface area contributed by atoms with Gasteiger partial charge in [0.05, 0.1) is 0 Å². The fourth-order valence-corrected chi connectivity index (χ4v) is 5.43. The minimum absolute atomic E-state index is 0.377. The van der Waals surface area contributed by atoms with Gasteiger partial charge in [-0.1, -0.05) is 37.1 Å². The SMILES string of the molecule is C/C=C/C=C/C(=O)O.CN1CC[C@]23CCCC[C@H]2[C@H]1Cc1ccc(O)cc13. The van der Waals surface area contributed by atoms with E-state index in [1.54, 1.807) is 12.2 Å². The molecule has 0 spiro atoms. The second kappa shape index (κ2) is 8.30. The van der Waals surface area contributed by atoms with Crippen LogP contribution in [0.5, 0.6) is 5.75 Å². The standard InChI is InChI=1S/C17H23NO.C6H8O2/c1-18-9-8-17-7-3-2-4-14(17)16(18)10-12-5-6-13(19)11-15(12)17;1-2-3-4-5-6(7)8/h5-6,11,14,16,19H,2-4,7-10H2,1H3;2-5H,1H3,(H,7,8)/b;3-2+,5-4+/t14-,16+,17+;/m0./s1. The van der Waals surface area contributed by atoms with Crippen LogP contribution >= 0.6 is 0 Å². The van der Waals surface area contributed by atoms with Gasteiger partial charge < -0.3 is 15.1 Å². The molecule has 3 atom stereocenters. The largest absolute Gasteiger partial charge is 0.508 e. The number of carboxylic acids is 1. The third-order valence-corrected chi connectivity index (χ3v) is 6.64. The Labute approximate surface area is 162 Å². The Hall–Kier alpha value is -2.07. The summed E-state index contributed by atoms with van der Waals surface area (Å²) in [5, 5.41) is 17.9. The maximum atomic E-state index is 9.91. The van der Waals surface area contributed by atoms with Gasteiger partial charge in [-0.2, -0.15) is 0 Å². The van der Waals surface area contributed by atoms with Crippen LogP contribution in [0, 0.1) is 5.92 Å². The van der Waals surface area contributed by atoms with Crippen molar-refractivity contribution in [2.24, 2.45) is 5.92 Å². The number of rotatable bonds is 2. The molecule has 2 bridgehead atoms. The Morgan fingerprint density at radius 2 is 2.07 bits per heavy atom. The first-order chi connectivity index (χ1) is 13.0. The predicted molar refractivity (Wildman–Crippen MR) is 108 cm³/mol. The molecule has 2 fully saturated rings. The maximum absolute atomic E-state index is 9.91. The number of aliphatic carboxylic acids is 1. The third kappa shape index (κ3) is 3.96. The van der Waals surface area contributed by atoms with Gasteiger partial charge in [0, 0.05) is 17.5 Å². The van der Waals surface area contributed by atoms with Crippen LogP contribution < -0.4 is 0 Å². The lowest BCUT2D eigenvalue weighted by atomic mass is 9.52. The first-order valence-corrected chi connectivity index (χ1v) is 10.0. The van der Waals surface area contributed by atoms with E-state index in [-0.39, 0.29) is 0 Å². The van der Waals surface area contributed by atoms with Crippen LogP contribution in [-0.2, 0) is 16.6 Å². The average Bonchev–Trinajstić information content (AvgIpc) is 2.66. The van der Waals surface area contributed by atoms with Crippen LogP contribution in [-0.4, -0.2) is 40.7 Å². The summed E-state index contributed by atoms with van der Waals surface area (Å²) < 4.78 is 0. The second-order valence-corrected chi connectivity index (χ2v) is 8.08. The molecule has 1 heterocycles. The van der Waals surface area contributed by atoms with Crippen LogP contribution in [0.2, 0.25) is 0 Å². The molecular formula is C23H31NO3. The number of phenolic OH excluding ortho intramolecular Hbond substituents is 1. The molecule has 1 aliphatic heterocycles. The molecule has 0 unspecified atom stereocenters. The number of hydrogen-bond acceptors (Lipinski definition) is 3. The van der Waals surface area contributed by atoms with E-state index in [4.69, 9.17) is 5.11 Å². The topological polar surface area (TPSA) is 60.8 Å². The predicted octanol–water partition coefficient (Wildman–Crippen LogP) is 4.28. The number of phenols is 1. The summed E-state index contributed by atoms with van der Waals surface area (Å²) in [6.45, 7) is 3.04. The lowest BCUT2D eigenvalue weighted by molar-refractivity contribution is -0.131. The van der Waals surface area contributed by atoms with Gasteiger partial charge in [-0.25, -0.2) is 4.79 Å². The molecule has 4 rings (SSSR count). The number of carbonyl (C=O) groups is 1. The number of hydrogen-bond donors (Lipinski definition) is 2. The number of fused-ring (bicyclic) bond motifs is 1. The third-order valence-electron chi connectivity index (χ3n) is 6.64. The van der Waals surface area contributed by atoms with E-state index in [0.29, 0.717) is 11.2 Å². The first kappa shape index (κ1) is 19.7. The number of nitrogens with zero attached hydrogens (tertiary/aromatic N) is 1. The summed E-state index contributed by atoms with van der Waals surface area (Å²) in [4.78, 5) is 12.3. The molecule has 3 aliphatic rings. The Bertz CT molecular complexity index is 739. The maximum Gasteiger partial charge on any atom is 0.328 e. The highest BCUT2D eigenvalue weighted by Crippen LogP contribution is 2.55. The molecule has 4 nitrogen and oxygen atoms in total. The van der Waals surface area contributed by atoms with Crippen molar-refractivity contribution in [2.45, 2.75) is 56.9 Å². The Morgan fingerprint density at radius 1 is 1.26 bits per heavy atom. The van der Waals surface area contributed by atoms with Crippen LogP contribution in [0.1, 0.15) is 50.2 Å². The summed E-state index contributed by atoms with van der Waals surface area (Å²) >= 11 is 0. The zero-order chi connectivity index (χ0) is 19.4.